The first-order valence-corrected chi connectivity index (χ1v) is 8.74. The number of rotatable bonds is 4. The minimum absolute atomic E-state index is 0.146. The molecule has 23 heavy (non-hydrogen) atoms. The summed E-state index contributed by atoms with van der Waals surface area (Å²) >= 11 is 0. The van der Waals surface area contributed by atoms with Crippen LogP contribution in [-0.2, 0) is 4.74 Å². The fourth-order valence-electron chi connectivity index (χ4n) is 3.23. The van der Waals surface area contributed by atoms with Crippen molar-refractivity contribution in [2.45, 2.75) is 59.0 Å². The van der Waals surface area contributed by atoms with Crippen LogP contribution in [-0.4, -0.2) is 42.8 Å². The van der Waals surface area contributed by atoms with Crippen molar-refractivity contribution in [1.29, 1.82) is 0 Å². The molecule has 0 bridgehead atoms. The van der Waals surface area contributed by atoms with E-state index in [-0.39, 0.29) is 18.2 Å². The van der Waals surface area contributed by atoms with Crippen LogP contribution in [0.3, 0.4) is 0 Å². The number of hydrogen-bond donors (Lipinski definition) is 0. The molecule has 0 N–H and O–H groups in total. The monoisotopic (exact) mass is 318 g/mol. The lowest BCUT2D eigenvalue weighted by Gasteiger charge is -2.44. The Labute approximate surface area is 140 Å². The molecule has 1 heterocycles. The number of nitrogens with zero attached hydrogens (tertiary/aromatic N) is 2. The van der Waals surface area contributed by atoms with Gasteiger partial charge >= 0.3 is 6.09 Å². The first-order chi connectivity index (χ1) is 10.9. The van der Waals surface area contributed by atoms with Gasteiger partial charge in [-0.25, -0.2) is 4.79 Å². The zero-order valence-corrected chi connectivity index (χ0v) is 15.1. The summed E-state index contributed by atoms with van der Waals surface area (Å²) in [6.45, 7) is 12.8. The molecular weight excluding hydrogens is 288 g/mol. The fraction of sp³-hybridized carbons (Fsp3) is 0.632. The number of benzene rings is 1. The first kappa shape index (κ1) is 17.6. The first-order valence-electron chi connectivity index (χ1n) is 8.74. The highest BCUT2D eigenvalue weighted by Crippen LogP contribution is 2.25. The van der Waals surface area contributed by atoms with E-state index in [9.17, 15) is 4.79 Å². The second-order valence-electron chi connectivity index (χ2n) is 6.87. The van der Waals surface area contributed by atoms with Gasteiger partial charge in [0.15, 0.2) is 0 Å². The lowest BCUT2D eigenvalue weighted by Crippen LogP contribution is -2.58. The number of amides is 1. The molecule has 1 fully saturated rings. The second kappa shape index (κ2) is 7.71. The summed E-state index contributed by atoms with van der Waals surface area (Å²) in [7, 11) is 0. The van der Waals surface area contributed by atoms with Crippen LogP contribution in [0.1, 0.15) is 52.5 Å². The summed E-state index contributed by atoms with van der Waals surface area (Å²) in [5.74, 6) is 0.548. The maximum atomic E-state index is 12.2. The third-order valence-electron chi connectivity index (χ3n) is 4.48. The maximum Gasteiger partial charge on any atom is 0.410 e. The highest BCUT2D eigenvalue weighted by atomic mass is 16.6. The van der Waals surface area contributed by atoms with Gasteiger partial charge in [0.2, 0.25) is 0 Å². The van der Waals surface area contributed by atoms with Gasteiger partial charge in [0.25, 0.3) is 0 Å². The summed E-state index contributed by atoms with van der Waals surface area (Å²) in [6, 6.07) is 9.09. The normalized spacial score (nSPS) is 21.7. The van der Waals surface area contributed by atoms with Crippen molar-refractivity contribution in [1.82, 2.24) is 4.90 Å². The van der Waals surface area contributed by atoms with Gasteiger partial charge in [-0.3, -0.25) is 4.90 Å². The van der Waals surface area contributed by atoms with Crippen LogP contribution in [0.25, 0.3) is 0 Å². The van der Waals surface area contributed by atoms with Gasteiger partial charge in [0.05, 0.1) is 18.7 Å². The van der Waals surface area contributed by atoms with Gasteiger partial charge in [-0.1, -0.05) is 32.9 Å². The maximum absolute atomic E-state index is 12.2. The van der Waals surface area contributed by atoms with Gasteiger partial charge < -0.3 is 9.64 Å². The predicted molar refractivity (Wildman–Crippen MR) is 95.1 cm³/mol. The van der Waals surface area contributed by atoms with E-state index in [1.807, 2.05) is 11.8 Å². The molecule has 0 spiro atoms. The van der Waals surface area contributed by atoms with Crippen LogP contribution in [0, 0.1) is 0 Å². The third kappa shape index (κ3) is 4.18. The highest BCUT2D eigenvalue weighted by Gasteiger charge is 2.33. The van der Waals surface area contributed by atoms with E-state index in [2.05, 4.69) is 56.9 Å². The van der Waals surface area contributed by atoms with E-state index < -0.39 is 0 Å². The van der Waals surface area contributed by atoms with Gasteiger partial charge in [-0.2, -0.15) is 0 Å². The Balaban J connectivity index is 2.04. The number of hydrogen-bond acceptors (Lipinski definition) is 3. The van der Waals surface area contributed by atoms with Crippen LogP contribution < -0.4 is 4.90 Å². The van der Waals surface area contributed by atoms with Crippen LogP contribution in [0.2, 0.25) is 0 Å². The molecular formula is C19H30N2O2. The molecule has 2 rings (SSSR count). The van der Waals surface area contributed by atoms with Crippen molar-refractivity contribution in [3.05, 3.63) is 29.8 Å². The molecule has 128 valence electrons. The van der Waals surface area contributed by atoms with Crippen LogP contribution >= 0.6 is 0 Å². The van der Waals surface area contributed by atoms with E-state index in [0.717, 1.165) is 19.5 Å². The molecule has 1 aliphatic heterocycles. The van der Waals surface area contributed by atoms with Crippen molar-refractivity contribution in [3.8, 4) is 0 Å². The minimum Gasteiger partial charge on any atom is -0.449 e. The average molecular weight is 318 g/mol. The Kier molecular flexibility index (Phi) is 5.91. The lowest BCUT2D eigenvalue weighted by atomic mass is 10.0. The lowest BCUT2D eigenvalue weighted by molar-refractivity contribution is 0.0663. The van der Waals surface area contributed by atoms with Crippen LogP contribution in [0.15, 0.2) is 24.3 Å². The Bertz CT molecular complexity index is 501. The number of carbonyl (C=O) groups is 1. The summed E-state index contributed by atoms with van der Waals surface area (Å²) in [5, 5.41) is 0. The fourth-order valence-corrected chi connectivity index (χ4v) is 3.23. The van der Waals surface area contributed by atoms with Gasteiger partial charge in [0.1, 0.15) is 0 Å². The number of carbonyl (C=O) groups excluding carboxylic acids is 1. The van der Waals surface area contributed by atoms with E-state index in [4.69, 9.17) is 4.74 Å². The Morgan fingerprint density at radius 3 is 2.22 bits per heavy atom. The van der Waals surface area contributed by atoms with Gasteiger partial charge in [-0.05, 0) is 43.9 Å². The molecule has 0 unspecified atom stereocenters. The summed E-state index contributed by atoms with van der Waals surface area (Å²) in [5.41, 5.74) is 2.59. The highest BCUT2D eigenvalue weighted by molar-refractivity contribution is 5.69. The van der Waals surface area contributed by atoms with E-state index in [1.165, 1.54) is 11.3 Å². The predicted octanol–water partition coefficient (Wildman–Crippen LogP) is 4.26. The molecule has 1 amide bonds. The summed E-state index contributed by atoms with van der Waals surface area (Å²) in [6.07, 6.45) is 0.679. The largest absolute Gasteiger partial charge is 0.449 e. The topological polar surface area (TPSA) is 32.8 Å². The minimum atomic E-state index is -0.179. The molecule has 4 heteroatoms. The Morgan fingerprint density at radius 2 is 1.74 bits per heavy atom. The van der Waals surface area contributed by atoms with Crippen molar-refractivity contribution in [3.63, 3.8) is 0 Å². The van der Waals surface area contributed by atoms with Crippen molar-refractivity contribution in [2.24, 2.45) is 0 Å². The van der Waals surface area contributed by atoms with Crippen molar-refractivity contribution < 1.29 is 9.53 Å². The van der Waals surface area contributed by atoms with E-state index in [0.29, 0.717) is 12.5 Å². The Hall–Kier alpha value is -1.71. The molecule has 1 aliphatic rings. The molecule has 4 nitrogen and oxygen atoms in total. The zero-order valence-electron chi connectivity index (χ0n) is 15.1. The molecule has 1 saturated heterocycles. The number of piperazine rings is 1. The SMILES string of the molecule is CCCOC(=O)N1[C@H](C)CN(c2ccc(C(C)C)cc2)C[C@@H]1C. The molecule has 0 aliphatic carbocycles. The quantitative estimate of drug-likeness (QED) is 0.832. The second-order valence-corrected chi connectivity index (χ2v) is 6.87. The standard InChI is InChI=1S/C19H30N2O2/c1-6-11-23-19(22)21-15(4)12-20(13-16(21)5)18-9-7-17(8-10-18)14(2)3/h7-10,14-16H,6,11-13H2,1-5H3/t15-,16+. The van der Waals surface area contributed by atoms with Crippen LogP contribution in [0.5, 0.6) is 0 Å². The summed E-state index contributed by atoms with van der Waals surface area (Å²) < 4.78 is 5.32. The average Bonchev–Trinajstić information content (AvgIpc) is 2.52. The zero-order chi connectivity index (χ0) is 17.0. The van der Waals surface area contributed by atoms with E-state index >= 15 is 0 Å². The van der Waals surface area contributed by atoms with Crippen molar-refractivity contribution in [2.75, 3.05) is 24.6 Å². The van der Waals surface area contributed by atoms with Gasteiger partial charge in [0, 0.05) is 18.8 Å². The summed E-state index contributed by atoms with van der Waals surface area (Å²) in [4.78, 5) is 16.5. The third-order valence-corrected chi connectivity index (χ3v) is 4.48. The van der Waals surface area contributed by atoms with Crippen molar-refractivity contribution >= 4 is 11.8 Å². The number of ether oxygens (including phenoxy) is 1. The molecule has 0 radical (unpaired) electrons. The smallest absolute Gasteiger partial charge is 0.410 e. The Morgan fingerprint density at radius 1 is 1.17 bits per heavy atom. The molecule has 0 saturated carbocycles. The van der Waals surface area contributed by atoms with E-state index in [1.54, 1.807) is 0 Å². The molecule has 0 aromatic heterocycles. The molecule has 2 atom stereocenters. The number of anilines is 1. The van der Waals surface area contributed by atoms with Crippen LogP contribution in [0.4, 0.5) is 10.5 Å². The molecule has 1 aromatic carbocycles. The van der Waals surface area contributed by atoms with Gasteiger partial charge in [-0.15, -0.1) is 0 Å². The molecule has 1 aromatic rings.